The zero-order valence-corrected chi connectivity index (χ0v) is 14.7. The van der Waals surface area contributed by atoms with Gasteiger partial charge in [-0.3, -0.25) is 9.59 Å². The molecule has 0 fully saturated rings. The molecule has 3 aromatic rings. The molecule has 134 valence electrons. The zero-order chi connectivity index (χ0) is 18.8. The number of carbonyl (C=O) groups excluding carboxylic acids is 1. The summed E-state index contributed by atoms with van der Waals surface area (Å²) in [6.07, 6.45) is 1.49. The Kier molecular flexibility index (Phi) is 4.85. The van der Waals surface area contributed by atoms with Gasteiger partial charge >= 0.3 is 0 Å². The fourth-order valence-corrected chi connectivity index (χ4v) is 2.72. The molecule has 0 aliphatic rings. The number of amides is 1. The van der Waals surface area contributed by atoms with E-state index >= 15 is 0 Å². The van der Waals surface area contributed by atoms with Crippen molar-refractivity contribution in [1.82, 2.24) is 15.0 Å². The van der Waals surface area contributed by atoms with E-state index in [-0.39, 0.29) is 22.4 Å². The predicted molar refractivity (Wildman–Crippen MR) is 97.9 cm³/mol. The van der Waals surface area contributed by atoms with Crippen molar-refractivity contribution in [3.8, 4) is 0 Å². The Morgan fingerprint density at radius 3 is 2.85 bits per heavy atom. The van der Waals surface area contributed by atoms with Crippen LogP contribution in [0.2, 0.25) is 5.02 Å². The minimum Gasteiger partial charge on any atom is -0.347 e. The van der Waals surface area contributed by atoms with E-state index in [1.54, 1.807) is 19.1 Å². The number of rotatable bonds is 4. The van der Waals surface area contributed by atoms with E-state index in [4.69, 9.17) is 11.6 Å². The van der Waals surface area contributed by atoms with E-state index in [0.717, 1.165) is 0 Å². The summed E-state index contributed by atoms with van der Waals surface area (Å²) in [5.74, 6) is -0.257. The summed E-state index contributed by atoms with van der Waals surface area (Å²) >= 11 is 5.90. The maximum atomic E-state index is 13.5. The molecule has 0 aliphatic heterocycles. The molecule has 2 aromatic heterocycles. The Balaban J connectivity index is 1.92. The number of aromatic amines is 1. The Morgan fingerprint density at radius 2 is 2.12 bits per heavy atom. The summed E-state index contributed by atoms with van der Waals surface area (Å²) in [5.41, 5.74) is 0.258. The van der Waals surface area contributed by atoms with E-state index in [1.165, 1.54) is 25.3 Å². The van der Waals surface area contributed by atoms with Crippen molar-refractivity contribution in [2.45, 2.75) is 19.9 Å². The van der Waals surface area contributed by atoms with Crippen molar-refractivity contribution in [2.75, 3.05) is 10.6 Å². The van der Waals surface area contributed by atoms with E-state index in [0.29, 0.717) is 16.8 Å². The number of carbonyl (C=O) groups is 1. The molecule has 2 heterocycles. The predicted octanol–water partition coefficient (Wildman–Crippen LogP) is 3.24. The number of fused-ring (bicyclic) bond motifs is 1. The first-order chi connectivity index (χ1) is 12.3. The van der Waals surface area contributed by atoms with Crippen LogP contribution in [0.3, 0.4) is 0 Å². The van der Waals surface area contributed by atoms with Crippen LogP contribution < -0.4 is 16.2 Å². The summed E-state index contributed by atoms with van der Waals surface area (Å²) < 4.78 is 13.5. The molecule has 9 heteroatoms. The van der Waals surface area contributed by atoms with Gasteiger partial charge in [0, 0.05) is 24.1 Å². The highest BCUT2D eigenvalue weighted by atomic mass is 35.5. The topological polar surface area (TPSA) is 99.8 Å². The number of nitrogens with one attached hydrogen (secondary N) is 3. The number of nitrogens with zero attached hydrogens (tertiary/aromatic N) is 2. The highest BCUT2D eigenvalue weighted by molar-refractivity contribution is 6.35. The highest BCUT2D eigenvalue weighted by Crippen LogP contribution is 2.25. The SMILES string of the molecule is CC(=O)Nc1ccnc(N[C@@H](C)c2cc3ccc(F)c(Cl)c3[nH]c2=O)n1. The van der Waals surface area contributed by atoms with Crippen LogP contribution in [0.15, 0.2) is 35.3 Å². The van der Waals surface area contributed by atoms with Gasteiger partial charge in [0.25, 0.3) is 5.56 Å². The first-order valence-electron chi connectivity index (χ1n) is 7.73. The van der Waals surface area contributed by atoms with E-state index in [2.05, 4.69) is 25.6 Å². The highest BCUT2D eigenvalue weighted by Gasteiger charge is 2.15. The average Bonchev–Trinajstić information content (AvgIpc) is 2.58. The van der Waals surface area contributed by atoms with Crippen LogP contribution in [0.4, 0.5) is 16.2 Å². The lowest BCUT2D eigenvalue weighted by Gasteiger charge is -2.15. The van der Waals surface area contributed by atoms with Gasteiger partial charge in [-0.25, -0.2) is 9.37 Å². The number of hydrogen-bond acceptors (Lipinski definition) is 5. The molecule has 7 nitrogen and oxygen atoms in total. The number of anilines is 2. The van der Waals surface area contributed by atoms with Crippen LogP contribution in [-0.2, 0) is 4.79 Å². The molecule has 0 unspecified atom stereocenters. The number of pyridine rings is 1. The quantitative estimate of drug-likeness (QED) is 0.650. The number of benzene rings is 1. The molecule has 0 spiro atoms. The van der Waals surface area contributed by atoms with Crippen molar-refractivity contribution in [3.05, 3.63) is 57.2 Å². The van der Waals surface area contributed by atoms with Crippen LogP contribution in [0.1, 0.15) is 25.5 Å². The summed E-state index contributed by atoms with van der Waals surface area (Å²) in [6, 6.07) is 5.52. The van der Waals surface area contributed by atoms with Gasteiger partial charge in [0.2, 0.25) is 11.9 Å². The van der Waals surface area contributed by atoms with Crippen molar-refractivity contribution in [3.63, 3.8) is 0 Å². The van der Waals surface area contributed by atoms with E-state index in [1.807, 2.05) is 0 Å². The Labute approximate surface area is 152 Å². The average molecular weight is 376 g/mol. The third-order valence-corrected chi connectivity index (χ3v) is 4.08. The summed E-state index contributed by atoms with van der Waals surface area (Å²) in [5, 5.41) is 6.04. The minimum absolute atomic E-state index is 0.127. The van der Waals surface area contributed by atoms with Gasteiger partial charge in [-0.2, -0.15) is 4.98 Å². The van der Waals surface area contributed by atoms with Gasteiger partial charge in [-0.1, -0.05) is 11.6 Å². The fraction of sp³-hybridized carbons (Fsp3) is 0.176. The smallest absolute Gasteiger partial charge is 0.253 e. The minimum atomic E-state index is -0.600. The Bertz CT molecular complexity index is 1050. The second kappa shape index (κ2) is 7.09. The lowest BCUT2D eigenvalue weighted by atomic mass is 10.1. The molecule has 0 bridgehead atoms. The largest absolute Gasteiger partial charge is 0.347 e. The van der Waals surface area contributed by atoms with Crippen molar-refractivity contribution in [2.24, 2.45) is 0 Å². The molecule has 0 aliphatic carbocycles. The van der Waals surface area contributed by atoms with Gasteiger partial charge in [-0.05, 0) is 31.2 Å². The van der Waals surface area contributed by atoms with Crippen molar-refractivity contribution in [1.29, 1.82) is 0 Å². The Hall–Kier alpha value is -3.00. The standard InChI is InChI=1S/C17H15ClFN5O2/c1-8(21-17-20-6-5-13(23-17)22-9(2)25)11-7-10-3-4-12(19)14(18)15(10)24-16(11)26/h3-8H,1-2H3,(H,24,26)(H2,20,21,22,23,25)/t8-/m0/s1. The molecular formula is C17H15ClFN5O2. The van der Waals surface area contributed by atoms with Gasteiger partial charge < -0.3 is 15.6 Å². The van der Waals surface area contributed by atoms with Crippen LogP contribution in [0.5, 0.6) is 0 Å². The molecule has 26 heavy (non-hydrogen) atoms. The van der Waals surface area contributed by atoms with Crippen molar-refractivity contribution < 1.29 is 9.18 Å². The first kappa shape index (κ1) is 17.8. The molecular weight excluding hydrogens is 361 g/mol. The van der Waals surface area contributed by atoms with E-state index in [9.17, 15) is 14.0 Å². The van der Waals surface area contributed by atoms with Crippen LogP contribution in [0.25, 0.3) is 10.9 Å². The molecule has 1 atom stereocenters. The fourth-order valence-electron chi connectivity index (χ4n) is 2.50. The summed E-state index contributed by atoms with van der Waals surface area (Å²) in [7, 11) is 0. The summed E-state index contributed by atoms with van der Waals surface area (Å²) in [4.78, 5) is 34.3. The maximum absolute atomic E-state index is 13.5. The van der Waals surface area contributed by atoms with Crippen LogP contribution in [-0.4, -0.2) is 20.9 Å². The number of halogens is 2. The molecule has 0 radical (unpaired) electrons. The van der Waals surface area contributed by atoms with Crippen molar-refractivity contribution >= 4 is 40.2 Å². The van der Waals surface area contributed by atoms with Gasteiger partial charge in [0.15, 0.2) is 0 Å². The lowest BCUT2D eigenvalue weighted by Crippen LogP contribution is -2.20. The third kappa shape index (κ3) is 3.65. The maximum Gasteiger partial charge on any atom is 0.253 e. The molecule has 3 N–H and O–H groups in total. The lowest BCUT2D eigenvalue weighted by molar-refractivity contribution is -0.114. The number of H-pyrrole nitrogens is 1. The normalized spacial score (nSPS) is 12.0. The number of hydrogen-bond donors (Lipinski definition) is 3. The summed E-state index contributed by atoms with van der Waals surface area (Å²) in [6.45, 7) is 3.14. The second-order valence-electron chi connectivity index (χ2n) is 5.69. The third-order valence-electron chi connectivity index (χ3n) is 3.71. The van der Waals surface area contributed by atoms with Crippen LogP contribution >= 0.6 is 11.6 Å². The molecule has 1 aromatic carbocycles. The molecule has 1 amide bonds. The second-order valence-corrected chi connectivity index (χ2v) is 6.07. The zero-order valence-electron chi connectivity index (χ0n) is 13.9. The van der Waals surface area contributed by atoms with Gasteiger partial charge in [0.1, 0.15) is 16.7 Å². The molecule has 0 saturated heterocycles. The number of aromatic nitrogens is 3. The van der Waals surface area contributed by atoms with Gasteiger partial charge in [-0.15, -0.1) is 0 Å². The molecule has 3 rings (SSSR count). The first-order valence-corrected chi connectivity index (χ1v) is 8.11. The van der Waals surface area contributed by atoms with E-state index < -0.39 is 17.4 Å². The molecule has 0 saturated carbocycles. The van der Waals surface area contributed by atoms with Gasteiger partial charge in [0.05, 0.1) is 11.6 Å². The Morgan fingerprint density at radius 1 is 1.35 bits per heavy atom. The monoisotopic (exact) mass is 375 g/mol. The van der Waals surface area contributed by atoms with Crippen LogP contribution in [0, 0.1) is 5.82 Å².